The summed E-state index contributed by atoms with van der Waals surface area (Å²) in [5.41, 5.74) is 8.27. The first-order valence-electron chi connectivity index (χ1n) is 5.26. The lowest BCUT2D eigenvalue weighted by molar-refractivity contribution is 0.569. The van der Waals surface area contributed by atoms with Crippen molar-refractivity contribution in [2.24, 2.45) is 0 Å². The number of nitrogen functional groups attached to an aromatic ring is 1. The Balaban J connectivity index is 2.40. The molecular weight excluding hydrogens is 440 g/mol. The zero-order chi connectivity index (χ0) is 12.6. The molecule has 17 heavy (non-hydrogen) atoms. The van der Waals surface area contributed by atoms with Gasteiger partial charge in [-0.3, -0.25) is 0 Å². The molecule has 0 aliphatic rings. The first kappa shape index (κ1) is 13.1. The number of hydrogen-bond acceptors (Lipinski definition) is 2. The van der Waals surface area contributed by atoms with Gasteiger partial charge in [0.1, 0.15) is 5.82 Å². The van der Waals surface area contributed by atoms with E-state index in [1.807, 2.05) is 11.6 Å². The van der Waals surface area contributed by atoms with Gasteiger partial charge >= 0.3 is 0 Å². The van der Waals surface area contributed by atoms with Crippen molar-refractivity contribution in [3.8, 4) is 0 Å². The summed E-state index contributed by atoms with van der Waals surface area (Å²) < 4.78 is 4.16. The van der Waals surface area contributed by atoms with Gasteiger partial charge in [0.2, 0.25) is 0 Å². The van der Waals surface area contributed by atoms with Gasteiger partial charge in [-0.1, -0.05) is 12.1 Å². The van der Waals surface area contributed by atoms with Crippen LogP contribution in [0.5, 0.6) is 0 Å². The van der Waals surface area contributed by atoms with Crippen molar-refractivity contribution in [3.63, 3.8) is 0 Å². The van der Waals surface area contributed by atoms with Crippen LogP contribution >= 0.6 is 45.2 Å². The minimum Gasteiger partial charge on any atom is -0.383 e. The molecule has 2 rings (SSSR count). The van der Waals surface area contributed by atoms with Gasteiger partial charge in [0.05, 0.1) is 15.3 Å². The molecule has 5 heteroatoms. The van der Waals surface area contributed by atoms with E-state index in [9.17, 15) is 0 Å². The van der Waals surface area contributed by atoms with Gasteiger partial charge in [-0.25, -0.2) is 4.68 Å². The molecule has 0 saturated heterocycles. The lowest BCUT2D eigenvalue weighted by atomic mass is 10.1. The second-order valence-corrected chi connectivity index (χ2v) is 6.28. The number of nitrogens with two attached hydrogens (primary N) is 1. The molecule has 1 heterocycles. The van der Waals surface area contributed by atoms with E-state index in [0.717, 1.165) is 15.1 Å². The van der Waals surface area contributed by atoms with Gasteiger partial charge in [0, 0.05) is 3.57 Å². The van der Waals surface area contributed by atoms with Crippen LogP contribution in [-0.2, 0) is 0 Å². The number of rotatable bonds is 2. The zero-order valence-electron chi connectivity index (χ0n) is 9.61. The maximum Gasteiger partial charge on any atom is 0.136 e. The summed E-state index contributed by atoms with van der Waals surface area (Å²) in [6.07, 6.45) is 0. The maximum absolute atomic E-state index is 6.06. The topological polar surface area (TPSA) is 43.8 Å². The van der Waals surface area contributed by atoms with Crippen LogP contribution in [0.1, 0.15) is 24.2 Å². The number of hydrogen-bond donors (Lipinski definition) is 1. The van der Waals surface area contributed by atoms with Crippen molar-refractivity contribution in [1.29, 1.82) is 0 Å². The Morgan fingerprint density at radius 2 is 1.82 bits per heavy atom. The second kappa shape index (κ2) is 5.13. The van der Waals surface area contributed by atoms with Gasteiger partial charge in [-0.05, 0) is 76.7 Å². The van der Waals surface area contributed by atoms with Crippen LogP contribution in [0.25, 0.3) is 0 Å². The van der Waals surface area contributed by atoms with E-state index < -0.39 is 0 Å². The van der Waals surface area contributed by atoms with Crippen LogP contribution < -0.4 is 5.73 Å². The molecule has 90 valence electrons. The van der Waals surface area contributed by atoms with Gasteiger partial charge in [-0.2, -0.15) is 5.10 Å². The molecule has 0 aliphatic heterocycles. The van der Waals surface area contributed by atoms with Crippen LogP contribution in [0.3, 0.4) is 0 Å². The molecule has 0 saturated carbocycles. The van der Waals surface area contributed by atoms with E-state index in [0.29, 0.717) is 0 Å². The van der Waals surface area contributed by atoms with Crippen LogP contribution in [0.2, 0.25) is 0 Å². The van der Waals surface area contributed by atoms with E-state index in [2.05, 4.69) is 81.5 Å². The minimum absolute atomic E-state index is 0.161. The molecule has 0 aliphatic carbocycles. The molecule has 0 bridgehead atoms. The highest BCUT2D eigenvalue weighted by Gasteiger charge is 2.15. The number of halogens is 2. The van der Waals surface area contributed by atoms with E-state index in [1.165, 1.54) is 9.13 Å². The molecular formula is C12H13I2N3. The standard InChI is InChI=1S/C12H13I2N3/c1-7-11(14)12(15)17(16-7)8(2)9-3-5-10(13)6-4-9/h3-6,8H,15H2,1-2H3. The molecule has 1 unspecified atom stereocenters. The molecule has 1 aromatic heterocycles. The van der Waals surface area contributed by atoms with Crippen molar-refractivity contribution in [2.45, 2.75) is 19.9 Å². The largest absolute Gasteiger partial charge is 0.383 e. The molecule has 0 radical (unpaired) electrons. The van der Waals surface area contributed by atoms with Crippen LogP contribution in [-0.4, -0.2) is 9.78 Å². The number of aryl methyl sites for hydroxylation is 1. The summed E-state index contributed by atoms with van der Waals surface area (Å²) >= 11 is 4.54. The van der Waals surface area contributed by atoms with Gasteiger partial charge in [0.25, 0.3) is 0 Å². The van der Waals surface area contributed by atoms with E-state index in [1.54, 1.807) is 0 Å². The summed E-state index contributed by atoms with van der Waals surface area (Å²) in [6, 6.07) is 8.61. The summed E-state index contributed by atoms with van der Waals surface area (Å²) in [5, 5.41) is 4.49. The monoisotopic (exact) mass is 453 g/mol. The Morgan fingerprint density at radius 3 is 2.29 bits per heavy atom. The third kappa shape index (κ3) is 2.59. The highest BCUT2D eigenvalue weighted by atomic mass is 127. The lowest BCUT2D eigenvalue weighted by Crippen LogP contribution is -2.11. The molecule has 2 N–H and O–H groups in total. The highest BCUT2D eigenvalue weighted by Crippen LogP contribution is 2.26. The quantitative estimate of drug-likeness (QED) is 0.707. The Hall–Kier alpha value is -0.310. The second-order valence-electron chi connectivity index (χ2n) is 3.96. The molecule has 0 fully saturated rings. The van der Waals surface area contributed by atoms with E-state index in [-0.39, 0.29) is 6.04 Å². The molecule has 1 atom stereocenters. The maximum atomic E-state index is 6.06. The van der Waals surface area contributed by atoms with Crippen molar-refractivity contribution in [1.82, 2.24) is 9.78 Å². The summed E-state index contributed by atoms with van der Waals surface area (Å²) in [5.74, 6) is 0.745. The summed E-state index contributed by atoms with van der Waals surface area (Å²) in [4.78, 5) is 0. The molecule has 0 spiro atoms. The number of anilines is 1. The van der Waals surface area contributed by atoms with Crippen molar-refractivity contribution >= 4 is 51.0 Å². The third-order valence-electron chi connectivity index (χ3n) is 2.77. The highest BCUT2D eigenvalue weighted by molar-refractivity contribution is 14.1. The number of nitrogens with zero attached hydrogens (tertiary/aromatic N) is 2. The van der Waals surface area contributed by atoms with Crippen molar-refractivity contribution in [2.75, 3.05) is 5.73 Å². The van der Waals surface area contributed by atoms with Gasteiger partial charge < -0.3 is 5.73 Å². The Labute approximate surface area is 128 Å². The van der Waals surface area contributed by atoms with E-state index in [4.69, 9.17) is 5.73 Å². The summed E-state index contributed by atoms with van der Waals surface area (Å²) in [7, 11) is 0. The fourth-order valence-electron chi connectivity index (χ4n) is 1.72. The van der Waals surface area contributed by atoms with Crippen LogP contribution in [0, 0.1) is 14.1 Å². The minimum atomic E-state index is 0.161. The first-order chi connectivity index (χ1) is 8.00. The van der Waals surface area contributed by atoms with Gasteiger partial charge in [-0.15, -0.1) is 0 Å². The molecule has 3 nitrogen and oxygen atoms in total. The Kier molecular flexibility index (Phi) is 3.96. The molecule has 1 aromatic carbocycles. The van der Waals surface area contributed by atoms with Gasteiger partial charge in [0.15, 0.2) is 0 Å². The predicted molar refractivity (Wildman–Crippen MR) is 87.1 cm³/mol. The lowest BCUT2D eigenvalue weighted by Gasteiger charge is -2.14. The SMILES string of the molecule is Cc1nn(C(C)c2ccc(I)cc2)c(N)c1I. The van der Waals surface area contributed by atoms with E-state index >= 15 is 0 Å². The van der Waals surface area contributed by atoms with Crippen molar-refractivity contribution in [3.05, 3.63) is 42.7 Å². The predicted octanol–water partition coefficient (Wildman–Crippen LogP) is 3.59. The Morgan fingerprint density at radius 1 is 1.24 bits per heavy atom. The Bertz CT molecular complexity index is 531. The zero-order valence-corrected chi connectivity index (χ0v) is 13.9. The average molecular weight is 453 g/mol. The van der Waals surface area contributed by atoms with Crippen molar-refractivity contribution < 1.29 is 0 Å². The van der Waals surface area contributed by atoms with Crippen LogP contribution in [0.15, 0.2) is 24.3 Å². The fourth-order valence-corrected chi connectivity index (χ4v) is 2.44. The third-order valence-corrected chi connectivity index (χ3v) is 4.82. The fraction of sp³-hybridized carbons (Fsp3) is 0.250. The number of benzene rings is 1. The molecule has 0 amide bonds. The molecule has 2 aromatic rings. The smallest absolute Gasteiger partial charge is 0.136 e. The number of aromatic nitrogens is 2. The summed E-state index contributed by atoms with van der Waals surface area (Å²) in [6.45, 7) is 4.09. The van der Waals surface area contributed by atoms with Crippen LogP contribution in [0.4, 0.5) is 5.82 Å². The average Bonchev–Trinajstić information content (AvgIpc) is 2.57. The first-order valence-corrected chi connectivity index (χ1v) is 7.42. The normalized spacial score (nSPS) is 12.7.